The third-order valence-corrected chi connectivity index (χ3v) is 3.20. The molecule has 1 amide bonds. The topological polar surface area (TPSA) is 29.1 Å². The summed E-state index contributed by atoms with van der Waals surface area (Å²) in [5, 5.41) is 2.72. The molecule has 0 radical (unpaired) electrons. The molecule has 2 rings (SSSR count). The molecular formula is C15H11ClF3NO. The third-order valence-electron chi connectivity index (χ3n) is 2.96. The lowest BCUT2D eigenvalue weighted by molar-refractivity contribution is 0.0935. The first kappa shape index (κ1) is 15.4. The molecule has 0 heterocycles. The molecule has 2 aromatic carbocycles. The van der Waals surface area contributed by atoms with E-state index in [0.717, 1.165) is 18.2 Å². The van der Waals surface area contributed by atoms with Crippen LogP contribution in [0.4, 0.5) is 13.2 Å². The maximum atomic E-state index is 13.6. The standard InChI is InChI=1S/C15H11ClF3NO/c1-8(9-2-4-13(18)14(19)6-9)20-15(21)11-7-10(16)3-5-12(11)17/h2-8H,1H3,(H,20,21)/t8-/m1/s1. The predicted octanol–water partition coefficient (Wildman–Crippen LogP) is 4.25. The van der Waals surface area contributed by atoms with Crippen molar-refractivity contribution in [1.82, 2.24) is 5.32 Å². The van der Waals surface area contributed by atoms with Gasteiger partial charge in [0, 0.05) is 5.02 Å². The molecule has 2 aromatic rings. The van der Waals surface area contributed by atoms with E-state index in [2.05, 4.69) is 5.32 Å². The van der Waals surface area contributed by atoms with Gasteiger partial charge in [-0.3, -0.25) is 4.79 Å². The first-order chi connectivity index (χ1) is 9.88. The number of rotatable bonds is 3. The summed E-state index contributed by atoms with van der Waals surface area (Å²) in [7, 11) is 0. The maximum absolute atomic E-state index is 13.6. The molecule has 21 heavy (non-hydrogen) atoms. The molecular weight excluding hydrogens is 303 g/mol. The van der Waals surface area contributed by atoms with Crippen molar-refractivity contribution in [1.29, 1.82) is 0 Å². The summed E-state index contributed by atoms with van der Waals surface area (Å²) in [6, 6.07) is 6.28. The summed E-state index contributed by atoms with van der Waals surface area (Å²) >= 11 is 5.71. The Labute approximate surface area is 124 Å². The molecule has 2 nitrogen and oxygen atoms in total. The summed E-state index contributed by atoms with van der Waals surface area (Å²) in [5.41, 5.74) is 0.154. The smallest absolute Gasteiger partial charge is 0.254 e. The summed E-state index contributed by atoms with van der Waals surface area (Å²) in [6.07, 6.45) is 0. The van der Waals surface area contributed by atoms with Crippen LogP contribution in [-0.2, 0) is 0 Å². The van der Waals surface area contributed by atoms with Gasteiger partial charge >= 0.3 is 0 Å². The van der Waals surface area contributed by atoms with Crippen molar-refractivity contribution in [3.05, 3.63) is 70.0 Å². The summed E-state index contributed by atoms with van der Waals surface area (Å²) in [4.78, 5) is 12.0. The minimum atomic E-state index is -1.01. The van der Waals surface area contributed by atoms with Crippen LogP contribution in [0.15, 0.2) is 36.4 Å². The van der Waals surface area contributed by atoms with Crippen molar-refractivity contribution in [2.24, 2.45) is 0 Å². The van der Waals surface area contributed by atoms with Crippen LogP contribution < -0.4 is 5.32 Å². The molecule has 0 bridgehead atoms. The van der Waals surface area contributed by atoms with Crippen LogP contribution in [0.5, 0.6) is 0 Å². The lowest BCUT2D eigenvalue weighted by Crippen LogP contribution is -2.27. The van der Waals surface area contributed by atoms with Gasteiger partial charge in [0.1, 0.15) is 5.82 Å². The zero-order valence-corrected chi connectivity index (χ0v) is 11.7. The van der Waals surface area contributed by atoms with Gasteiger partial charge in [-0.15, -0.1) is 0 Å². The Morgan fingerprint density at radius 2 is 1.71 bits per heavy atom. The normalized spacial score (nSPS) is 12.0. The molecule has 0 saturated carbocycles. The molecule has 110 valence electrons. The van der Waals surface area contributed by atoms with E-state index < -0.39 is 29.4 Å². The van der Waals surface area contributed by atoms with Crippen molar-refractivity contribution >= 4 is 17.5 Å². The Morgan fingerprint density at radius 3 is 2.38 bits per heavy atom. The quantitative estimate of drug-likeness (QED) is 0.902. The molecule has 0 spiro atoms. The van der Waals surface area contributed by atoms with Gasteiger partial charge in [-0.05, 0) is 42.8 Å². The lowest BCUT2D eigenvalue weighted by Gasteiger charge is -2.15. The molecule has 0 aliphatic carbocycles. The van der Waals surface area contributed by atoms with Gasteiger partial charge in [-0.1, -0.05) is 17.7 Å². The minimum Gasteiger partial charge on any atom is -0.345 e. The van der Waals surface area contributed by atoms with Crippen LogP contribution in [0.2, 0.25) is 5.02 Å². The van der Waals surface area contributed by atoms with Crippen molar-refractivity contribution in [2.75, 3.05) is 0 Å². The SMILES string of the molecule is C[C@@H](NC(=O)c1cc(Cl)ccc1F)c1ccc(F)c(F)c1. The van der Waals surface area contributed by atoms with Crippen LogP contribution in [0.25, 0.3) is 0 Å². The van der Waals surface area contributed by atoms with Gasteiger partial charge in [0.25, 0.3) is 5.91 Å². The fourth-order valence-corrected chi connectivity index (χ4v) is 1.98. The zero-order chi connectivity index (χ0) is 15.6. The first-order valence-corrected chi connectivity index (χ1v) is 6.47. The van der Waals surface area contributed by atoms with E-state index in [1.54, 1.807) is 6.92 Å². The van der Waals surface area contributed by atoms with E-state index in [9.17, 15) is 18.0 Å². The van der Waals surface area contributed by atoms with E-state index >= 15 is 0 Å². The Kier molecular flexibility index (Phi) is 4.53. The number of hydrogen-bond donors (Lipinski definition) is 1. The predicted molar refractivity (Wildman–Crippen MR) is 73.6 cm³/mol. The second-order valence-corrected chi connectivity index (χ2v) is 4.93. The van der Waals surface area contributed by atoms with E-state index in [-0.39, 0.29) is 10.6 Å². The molecule has 0 aliphatic rings. The zero-order valence-electron chi connectivity index (χ0n) is 11.0. The number of benzene rings is 2. The minimum absolute atomic E-state index is 0.211. The average Bonchev–Trinajstić information content (AvgIpc) is 2.44. The summed E-state index contributed by atoms with van der Waals surface area (Å²) in [6.45, 7) is 1.58. The average molecular weight is 314 g/mol. The fourth-order valence-electron chi connectivity index (χ4n) is 1.81. The monoisotopic (exact) mass is 313 g/mol. The van der Waals surface area contributed by atoms with E-state index in [4.69, 9.17) is 11.6 Å². The Balaban J connectivity index is 2.18. The largest absolute Gasteiger partial charge is 0.345 e. The van der Waals surface area contributed by atoms with Gasteiger partial charge in [-0.25, -0.2) is 13.2 Å². The Hall–Kier alpha value is -2.01. The molecule has 0 saturated heterocycles. The second kappa shape index (κ2) is 6.18. The molecule has 6 heteroatoms. The first-order valence-electron chi connectivity index (χ1n) is 6.09. The highest BCUT2D eigenvalue weighted by atomic mass is 35.5. The second-order valence-electron chi connectivity index (χ2n) is 4.49. The fraction of sp³-hybridized carbons (Fsp3) is 0.133. The van der Waals surface area contributed by atoms with Crippen molar-refractivity contribution in [2.45, 2.75) is 13.0 Å². The van der Waals surface area contributed by atoms with Gasteiger partial charge in [0.05, 0.1) is 11.6 Å². The van der Waals surface area contributed by atoms with Crippen LogP contribution in [0.3, 0.4) is 0 Å². The van der Waals surface area contributed by atoms with E-state index in [0.29, 0.717) is 5.56 Å². The highest BCUT2D eigenvalue weighted by molar-refractivity contribution is 6.31. The van der Waals surface area contributed by atoms with Crippen molar-refractivity contribution in [3.8, 4) is 0 Å². The van der Waals surface area contributed by atoms with Crippen LogP contribution in [0.1, 0.15) is 28.9 Å². The third kappa shape index (κ3) is 3.55. The number of nitrogens with one attached hydrogen (secondary N) is 1. The van der Waals surface area contributed by atoms with Crippen LogP contribution in [0, 0.1) is 17.5 Å². The molecule has 0 fully saturated rings. The molecule has 0 unspecified atom stereocenters. The molecule has 1 atom stereocenters. The molecule has 1 N–H and O–H groups in total. The van der Waals surface area contributed by atoms with Crippen molar-refractivity contribution < 1.29 is 18.0 Å². The summed E-state index contributed by atoms with van der Waals surface area (Å²) in [5.74, 6) is -3.39. The highest BCUT2D eigenvalue weighted by Crippen LogP contribution is 2.19. The van der Waals surface area contributed by atoms with Gasteiger partial charge in [0.15, 0.2) is 11.6 Å². The number of carbonyl (C=O) groups excluding carboxylic acids is 1. The van der Waals surface area contributed by atoms with Gasteiger partial charge in [0.2, 0.25) is 0 Å². The number of carbonyl (C=O) groups is 1. The number of amides is 1. The maximum Gasteiger partial charge on any atom is 0.254 e. The molecule has 0 aliphatic heterocycles. The van der Waals surface area contributed by atoms with Crippen LogP contribution >= 0.6 is 11.6 Å². The Morgan fingerprint density at radius 1 is 1.05 bits per heavy atom. The number of hydrogen-bond acceptors (Lipinski definition) is 1. The van der Waals surface area contributed by atoms with E-state index in [1.165, 1.54) is 18.2 Å². The number of halogens is 4. The highest BCUT2D eigenvalue weighted by Gasteiger charge is 2.16. The van der Waals surface area contributed by atoms with Gasteiger partial charge in [-0.2, -0.15) is 0 Å². The van der Waals surface area contributed by atoms with Crippen LogP contribution in [-0.4, -0.2) is 5.91 Å². The van der Waals surface area contributed by atoms with Crippen molar-refractivity contribution in [3.63, 3.8) is 0 Å². The van der Waals surface area contributed by atoms with E-state index in [1.807, 2.05) is 0 Å². The summed E-state index contributed by atoms with van der Waals surface area (Å²) < 4.78 is 39.6. The Bertz CT molecular complexity index is 691. The van der Waals surface area contributed by atoms with Gasteiger partial charge < -0.3 is 5.32 Å². The lowest BCUT2D eigenvalue weighted by atomic mass is 10.1. The molecule has 0 aromatic heterocycles.